The van der Waals surface area contributed by atoms with Crippen LogP contribution in [-0.2, 0) is 0 Å². The van der Waals surface area contributed by atoms with Gasteiger partial charge in [-0.3, -0.25) is 0 Å². The van der Waals surface area contributed by atoms with Crippen LogP contribution in [-0.4, -0.2) is 22.2 Å². The lowest BCUT2D eigenvalue weighted by Gasteiger charge is -2.18. The minimum Gasteiger partial charge on any atom is -0.488 e. The van der Waals surface area contributed by atoms with Gasteiger partial charge in [-0.15, -0.1) is 0 Å². The molecule has 1 aliphatic rings. The first kappa shape index (κ1) is 12.9. The van der Waals surface area contributed by atoms with E-state index in [9.17, 15) is 4.79 Å². The first-order valence-corrected chi connectivity index (χ1v) is 6.54. The molecular weight excluding hydrogens is 230 g/mol. The fraction of sp³-hybridized carbons (Fsp3) is 0.571. The number of aromatic carboxylic acids is 1. The van der Waals surface area contributed by atoms with E-state index in [-0.39, 0.29) is 11.8 Å². The third-order valence-electron chi connectivity index (χ3n) is 3.30. The molecule has 0 unspecified atom stereocenters. The number of carbonyl (C=O) groups is 1. The first-order chi connectivity index (χ1) is 8.66. The number of pyridine rings is 1. The highest BCUT2D eigenvalue weighted by atomic mass is 16.5. The highest BCUT2D eigenvalue weighted by Crippen LogP contribution is 2.25. The monoisotopic (exact) mass is 249 g/mol. The predicted octanol–water partition coefficient (Wildman–Crippen LogP) is 3.19. The van der Waals surface area contributed by atoms with Crippen molar-refractivity contribution in [3.63, 3.8) is 0 Å². The van der Waals surface area contributed by atoms with Crippen molar-refractivity contribution in [2.75, 3.05) is 0 Å². The molecule has 0 amide bonds. The molecule has 0 radical (unpaired) electrons. The van der Waals surface area contributed by atoms with E-state index in [0.717, 1.165) is 25.7 Å². The summed E-state index contributed by atoms with van der Waals surface area (Å²) in [6.45, 7) is 1.78. The Morgan fingerprint density at radius 3 is 2.56 bits per heavy atom. The molecule has 1 fully saturated rings. The molecule has 98 valence electrons. The summed E-state index contributed by atoms with van der Waals surface area (Å²) in [4.78, 5) is 15.2. The zero-order chi connectivity index (χ0) is 13.0. The molecule has 0 aliphatic heterocycles. The van der Waals surface area contributed by atoms with Gasteiger partial charge in [0.15, 0.2) is 11.4 Å². The number of carboxylic acid groups (broad SMARTS) is 1. The van der Waals surface area contributed by atoms with Gasteiger partial charge in [-0.25, -0.2) is 9.78 Å². The SMILES string of the molecule is Cc1ccc(OC2CCCCCC2)c(C(=O)O)n1. The smallest absolute Gasteiger partial charge is 0.358 e. The molecule has 1 aromatic rings. The highest BCUT2D eigenvalue weighted by molar-refractivity contribution is 5.88. The van der Waals surface area contributed by atoms with E-state index >= 15 is 0 Å². The summed E-state index contributed by atoms with van der Waals surface area (Å²) < 4.78 is 5.84. The summed E-state index contributed by atoms with van der Waals surface area (Å²) in [7, 11) is 0. The van der Waals surface area contributed by atoms with Gasteiger partial charge < -0.3 is 9.84 Å². The molecule has 0 bridgehead atoms. The summed E-state index contributed by atoms with van der Waals surface area (Å²) >= 11 is 0. The van der Waals surface area contributed by atoms with Gasteiger partial charge in [0, 0.05) is 5.69 Å². The van der Waals surface area contributed by atoms with E-state index in [4.69, 9.17) is 9.84 Å². The quantitative estimate of drug-likeness (QED) is 0.836. The van der Waals surface area contributed by atoms with E-state index in [0.29, 0.717) is 11.4 Å². The molecule has 4 heteroatoms. The van der Waals surface area contributed by atoms with Gasteiger partial charge >= 0.3 is 5.97 Å². The summed E-state index contributed by atoms with van der Waals surface area (Å²) in [5.74, 6) is -0.623. The molecule has 0 spiro atoms. The van der Waals surface area contributed by atoms with Crippen LogP contribution in [0.25, 0.3) is 0 Å². The Hall–Kier alpha value is -1.58. The zero-order valence-corrected chi connectivity index (χ0v) is 10.7. The van der Waals surface area contributed by atoms with E-state index in [1.165, 1.54) is 12.8 Å². The van der Waals surface area contributed by atoms with Crippen LogP contribution >= 0.6 is 0 Å². The van der Waals surface area contributed by atoms with Crippen LogP contribution in [0.3, 0.4) is 0 Å². The second-order valence-electron chi connectivity index (χ2n) is 4.84. The molecule has 1 N–H and O–H groups in total. The van der Waals surface area contributed by atoms with Crippen molar-refractivity contribution in [3.05, 3.63) is 23.5 Å². The van der Waals surface area contributed by atoms with Crippen molar-refractivity contribution in [2.24, 2.45) is 0 Å². The standard InChI is InChI=1S/C14H19NO3/c1-10-8-9-12(13(15-10)14(16)17)18-11-6-4-2-3-5-7-11/h8-9,11H,2-7H2,1H3,(H,16,17). The van der Waals surface area contributed by atoms with Crippen molar-refractivity contribution in [3.8, 4) is 5.75 Å². The van der Waals surface area contributed by atoms with E-state index in [1.54, 1.807) is 19.1 Å². The topological polar surface area (TPSA) is 59.4 Å². The number of aromatic nitrogens is 1. The largest absolute Gasteiger partial charge is 0.488 e. The van der Waals surface area contributed by atoms with Crippen molar-refractivity contribution in [1.82, 2.24) is 4.98 Å². The maximum Gasteiger partial charge on any atom is 0.358 e. The lowest BCUT2D eigenvalue weighted by Crippen LogP contribution is -2.17. The maximum atomic E-state index is 11.1. The normalized spacial score (nSPS) is 17.2. The predicted molar refractivity (Wildman–Crippen MR) is 68.1 cm³/mol. The van der Waals surface area contributed by atoms with Gasteiger partial charge in [0.2, 0.25) is 0 Å². The summed E-state index contributed by atoms with van der Waals surface area (Å²) in [5, 5.41) is 9.13. The fourth-order valence-electron chi connectivity index (χ4n) is 2.33. The second-order valence-corrected chi connectivity index (χ2v) is 4.84. The lowest BCUT2D eigenvalue weighted by molar-refractivity contribution is 0.0680. The van der Waals surface area contributed by atoms with Crippen molar-refractivity contribution < 1.29 is 14.6 Å². The molecule has 0 saturated heterocycles. The highest BCUT2D eigenvalue weighted by Gasteiger charge is 2.19. The Morgan fingerprint density at radius 2 is 1.94 bits per heavy atom. The zero-order valence-electron chi connectivity index (χ0n) is 10.7. The molecule has 1 heterocycles. The lowest BCUT2D eigenvalue weighted by atomic mass is 10.1. The van der Waals surface area contributed by atoms with Crippen LogP contribution in [0.1, 0.15) is 54.7 Å². The maximum absolute atomic E-state index is 11.1. The van der Waals surface area contributed by atoms with Crippen molar-refractivity contribution in [2.45, 2.75) is 51.6 Å². The fourth-order valence-corrected chi connectivity index (χ4v) is 2.33. The Bertz CT molecular complexity index is 423. The van der Waals surface area contributed by atoms with E-state index in [2.05, 4.69) is 4.98 Å². The van der Waals surface area contributed by atoms with Crippen LogP contribution in [0.15, 0.2) is 12.1 Å². The molecule has 1 aromatic heterocycles. The van der Waals surface area contributed by atoms with Gasteiger partial charge in [0.25, 0.3) is 0 Å². The van der Waals surface area contributed by atoms with Crippen LogP contribution < -0.4 is 4.74 Å². The van der Waals surface area contributed by atoms with Crippen LogP contribution in [0.2, 0.25) is 0 Å². The third-order valence-corrected chi connectivity index (χ3v) is 3.30. The average Bonchev–Trinajstić information content (AvgIpc) is 2.60. The Labute approximate surface area is 107 Å². The van der Waals surface area contributed by atoms with Gasteiger partial charge in [0.1, 0.15) is 0 Å². The summed E-state index contributed by atoms with van der Waals surface area (Å²) in [6.07, 6.45) is 6.96. The number of nitrogens with zero attached hydrogens (tertiary/aromatic N) is 1. The van der Waals surface area contributed by atoms with Crippen LogP contribution in [0.5, 0.6) is 5.75 Å². The molecule has 1 saturated carbocycles. The minimum absolute atomic E-state index is 0.0271. The van der Waals surface area contributed by atoms with Crippen molar-refractivity contribution in [1.29, 1.82) is 0 Å². The van der Waals surface area contributed by atoms with Gasteiger partial charge in [-0.1, -0.05) is 12.8 Å². The number of rotatable bonds is 3. The Morgan fingerprint density at radius 1 is 1.28 bits per heavy atom. The van der Waals surface area contributed by atoms with Gasteiger partial charge in [-0.2, -0.15) is 0 Å². The molecule has 0 aromatic carbocycles. The molecule has 2 rings (SSSR count). The number of ether oxygens (including phenoxy) is 1. The van der Waals surface area contributed by atoms with Crippen molar-refractivity contribution >= 4 is 5.97 Å². The molecule has 1 aliphatic carbocycles. The number of aryl methyl sites for hydroxylation is 1. The molecular formula is C14H19NO3. The Balaban J connectivity index is 2.14. The second kappa shape index (κ2) is 5.85. The first-order valence-electron chi connectivity index (χ1n) is 6.54. The Kier molecular flexibility index (Phi) is 4.18. The van der Waals surface area contributed by atoms with Crippen LogP contribution in [0.4, 0.5) is 0 Å². The number of hydrogen-bond donors (Lipinski definition) is 1. The summed E-state index contributed by atoms with van der Waals surface area (Å²) in [5.41, 5.74) is 0.722. The average molecular weight is 249 g/mol. The van der Waals surface area contributed by atoms with Gasteiger partial charge in [-0.05, 0) is 44.7 Å². The summed E-state index contributed by atoms with van der Waals surface area (Å²) in [6, 6.07) is 3.51. The van der Waals surface area contributed by atoms with Gasteiger partial charge in [0.05, 0.1) is 6.10 Å². The van der Waals surface area contributed by atoms with Crippen LogP contribution in [0, 0.1) is 6.92 Å². The van der Waals surface area contributed by atoms with E-state index in [1.807, 2.05) is 0 Å². The molecule has 18 heavy (non-hydrogen) atoms. The molecule has 4 nitrogen and oxygen atoms in total. The minimum atomic E-state index is -1.03. The molecule has 0 atom stereocenters. The number of carboxylic acids is 1. The van der Waals surface area contributed by atoms with E-state index < -0.39 is 5.97 Å². The number of hydrogen-bond acceptors (Lipinski definition) is 3. The third kappa shape index (κ3) is 3.22.